The molecule has 4 aromatic rings. The molecule has 0 fully saturated rings. The van der Waals surface area contributed by atoms with Crippen molar-refractivity contribution >= 4 is 22.1 Å². The maximum absolute atomic E-state index is 4.60. The van der Waals surface area contributed by atoms with E-state index in [0.29, 0.717) is 11.3 Å². The lowest BCUT2D eigenvalue weighted by Crippen LogP contribution is -1.88. The van der Waals surface area contributed by atoms with E-state index in [9.17, 15) is 0 Å². The fourth-order valence-corrected chi connectivity index (χ4v) is 2.08. The Hall–Kier alpha value is -2.82. The maximum atomic E-state index is 4.60. The summed E-state index contributed by atoms with van der Waals surface area (Å²) in [5, 5.41) is 9.72. The van der Waals surface area contributed by atoms with Crippen LogP contribution in [0.3, 0.4) is 0 Å². The summed E-state index contributed by atoms with van der Waals surface area (Å²) in [4.78, 5) is 8.55. The summed E-state index contributed by atoms with van der Waals surface area (Å²) in [6.07, 6.45) is 1.68. The average Bonchev–Trinajstić information content (AvgIpc) is 2.94. The van der Waals surface area contributed by atoms with Crippen molar-refractivity contribution < 1.29 is 4.63 Å². The Labute approximate surface area is 107 Å². The standard InChI is InChI=1S/C14H8N4O/c1-2-4-10-7-11(6-5-9(10)3-1)12-8-15-13-14(16-12)18-19-17-13/h1-8H. The van der Waals surface area contributed by atoms with E-state index in [4.69, 9.17) is 0 Å². The molecule has 0 aliphatic rings. The van der Waals surface area contributed by atoms with Crippen molar-refractivity contribution in [2.24, 2.45) is 0 Å². The highest BCUT2D eigenvalue weighted by Crippen LogP contribution is 2.23. The Bertz CT molecular complexity index is 885. The monoisotopic (exact) mass is 248 g/mol. The molecule has 19 heavy (non-hydrogen) atoms. The van der Waals surface area contributed by atoms with Gasteiger partial charge < -0.3 is 0 Å². The van der Waals surface area contributed by atoms with Crippen molar-refractivity contribution in [1.29, 1.82) is 0 Å². The first-order chi connectivity index (χ1) is 9.40. The summed E-state index contributed by atoms with van der Waals surface area (Å²) in [6, 6.07) is 14.4. The molecular weight excluding hydrogens is 240 g/mol. The van der Waals surface area contributed by atoms with E-state index < -0.39 is 0 Å². The third-order valence-electron chi connectivity index (χ3n) is 3.04. The van der Waals surface area contributed by atoms with Gasteiger partial charge >= 0.3 is 0 Å². The third-order valence-corrected chi connectivity index (χ3v) is 3.04. The molecule has 0 N–H and O–H groups in total. The Kier molecular flexibility index (Phi) is 2.05. The molecule has 0 bridgehead atoms. The van der Waals surface area contributed by atoms with E-state index in [1.807, 2.05) is 18.2 Å². The lowest BCUT2D eigenvalue weighted by atomic mass is 10.1. The second-order valence-corrected chi connectivity index (χ2v) is 4.23. The van der Waals surface area contributed by atoms with Crippen molar-refractivity contribution in [3.05, 3.63) is 48.7 Å². The molecule has 5 heteroatoms. The van der Waals surface area contributed by atoms with Crippen LogP contribution in [-0.2, 0) is 0 Å². The number of aromatic nitrogens is 4. The van der Waals surface area contributed by atoms with Crippen LogP contribution in [0.15, 0.2) is 53.3 Å². The van der Waals surface area contributed by atoms with Crippen LogP contribution in [0.1, 0.15) is 0 Å². The molecule has 2 aromatic carbocycles. The number of fused-ring (bicyclic) bond motifs is 2. The molecule has 2 heterocycles. The van der Waals surface area contributed by atoms with Crippen molar-refractivity contribution in [2.45, 2.75) is 0 Å². The molecule has 90 valence electrons. The van der Waals surface area contributed by atoms with Crippen LogP contribution in [0.4, 0.5) is 0 Å². The lowest BCUT2D eigenvalue weighted by molar-refractivity contribution is 0.314. The van der Waals surface area contributed by atoms with Crippen molar-refractivity contribution in [3.8, 4) is 11.3 Å². The second-order valence-electron chi connectivity index (χ2n) is 4.23. The van der Waals surface area contributed by atoms with E-state index in [1.165, 1.54) is 10.8 Å². The maximum Gasteiger partial charge on any atom is 0.243 e. The van der Waals surface area contributed by atoms with Gasteiger partial charge in [0.05, 0.1) is 11.9 Å². The van der Waals surface area contributed by atoms with Gasteiger partial charge in [-0.2, -0.15) is 0 Å². The normalized spacial score (nSPS) is 11.2. The zero-order valence-electron chi connectivity index (χ0n) is 9.82. The molecule has 4 rings (SSSR count). The van der Waals surface area contributed by atoms with Gasteiger partial charge in [0.25, 0.3) is 0 Å². The van der Waals surface area contributed by atoms with E-state index in [2.05, 4.69) is 49.2 Å². The number of rotatable bonds is 1. The van der Waals surface area contributed by atoms with E-state index in [-0.39, 0.29) is 0 Å². The average molecular weight is 248 g/mol. The summed E-state index contributed by atoms with van der Waals surface area (Å²) >= 11 is 0. The van der Waals surface area contributed by atoms with Crippen molar-refractivity contribution in [2.75, 3.05) is 0 Å². The smallest absolute Gasteiger partial charge is 0.240 e. The zero-order valence-corrected chi connectivity index (χ0v) is 9.82. The topological polar surface area (TPSA) is 64.7 Å². The molecular formula is C14H8N4O. The van der Waals surface area contributed by atoms with Crippen molar-refractivity contribution in [1.82, 2.24) is 20.3 Å². The van der Waals surface area contributed by atoms with Gasteiger partial charge in [-0.05, 0) is 27.2 Å². The van der Waals surface area contributed by atoms with Gasteiger partial charge in [-0.25, -0.2) is 14.6 Å². The molecule has 0 radical (unpaired) electrons. The van der Waals surface area contributed by atoms with Crippen LogP contribution in [-0.4, -0.2) is 20.3 Å². The molecule has 0 saturated carbocycles. The van der Waals surface area contributed by atoms with Crippen LogP contribution < -0.4 is 0 Å². The van der Waals surface area contributed by atoms with Gasteiger partial charge in [0.15, 0.2) is 0 Å². The number of hydrogen-bond donors (Lipinski definition) is 0. The summed E-state index contributed by atoms with van der Waals surface area (Å²) < 4.78 is 4.60. The van der Waals surface area contributed by atoms with Crippen LogP contribution in [0, 0.1) is 0 Å². The van der Waals surface area contributed by atoms with Crippen LogP contribution in [0.2, 0.25) is 0 Å². The van der Waals surface area contributed by atoms with E-state index in [1.54, 1.807) is 6.20 Å². The highest BCUT2D eigenvalue weighted by molar-refractivity contribution is 5.87. The molecule has 0 unspecified atom stereocenters. The molecule has 2 aromatic heterocycles. The first kappa shape index (κ1) is 10.1. The molecule has 0 aliphatic carbocycles. The highest BCUT2D eigenvalue weighted by atomic mass is 16.6. The Morgan fingerprint density at radius 3 is 2.63 bits per heavy atom. The first-order valence-corrected chi connectivity index (χ1v) is 5.85. The Morgan fingerprint density at radius 2 is 1.68 bits per heavy atom. The minimum atomic E-state index is 0.421. The SMILES string of the molecule is c1ccc2cc(-c3cnc4nonc4n3)ccc2c1. The fourth-order valence-electron chi connectivity index (χ4n) is 2.08. The summed E-state index contributed by atoms with van der Waals surface area (Å²) in [7, 11) is 0. The highest BCUT2D eigenvalue weighted by Gasteiger charge is 2.07. The quantitative estimate of drug-likeness (QED) is 0.518. The second kappa shape index (κ2) is 3.84. The minimum absolute atomic E-state index is 0.421. The van der Waals surface area contributed by atoms with Crippen molar-refractivity contribution in [3.63, 3.8) is 0 Å². The third kappa shape index (κ3) is 1.63. The predicted octanol–water partition coefficient (Wildman–Crippen LogP) is 2.83. The number of nitrogens with zero attached hydrogens (tertiary/aromatic N) is 4. The van der Waals surface area contributed by atoms with Gasteiger partial charge in [-0.3, -0.25) is 0 Å². The molecule has 0 atom stereocenters. The predicted molar refractivity (Wildman–Crippen MR) is 70.3 cm³/mol. The summed E-state index contributed by atoms with van der Waals surface area (Å²) in [5.41, 5.74) is 2.60. The first-order valence-electron chi connectivity index (χ1n) is 5.85. The molecule has 0 amide bonds. The minimum Gasteiger partial charge on any atom is -0.240 e. The lowest BCUT2D eigenvalue weighted by Gasteiger charge is -2.02. The van der Waals surface area contributed by atoms with Gasteiger partial charge in [-0.1, -0.05) is 36.4 Å². The van der Waals surface area contributed by atoms with Gasteiger partial charge in [0, 0.05) is 5.56 Å². The molecule has 0 saturated heterocycles. The van der Waals surface area contributed by atoms with Crippen LogP contribution >= 0.6 is 0 Å². The summed E-state index contributed by atoms with van der Waals surface area (Å²) in [5.74, 6) is 0. The zero-order chi connectivity index (χ0) is 12.7. The molecule has 0 spiro atoms. The van der Waals surface area contributed by atoms with E-state index >= 15 is 0 Å². The largest absolute Gasteiger partial charge is 0.243 e. The Balaban J connectivity index is 1.92. The molecule has 0 aliphatic heterocycles. The summed E-state index contributed by atoms with van der Waals surface area (Å²) in [6.45, 7) is 0. The number of benzene rings is 2. The Morgan fingerprint density at radius 1 is 0.842 bits per heavy atom. The fraction of sp³-hybridized carbons (Fsp3) is 0. The van der Waals surface area contributed by atoms with Crippen LogP contribution in [0.25, 0.3) is 33.3 Å². The van der Waals surface area contributed by atoms with Crippen LogP contribution in [0.5, 0.6) is 0 Å². The number of hydrogen-bond acceptors (Lipinski definition) is 5. The van der Waals surface area contributed by atoms with Gasteiger partial charge in [0.2, 0.25) is 11.3 Å². The van der Waals surface area contributed by atoms with Gasteiger partial charge in [0.1, 0.15) is 0 Å². The van der Waals surface area contributed by atoms with Gasteiger partial charge in [-0.15, -0.1) is 0 Å². The molecule has 5 nitrogen and oxygen atoms in total. The van der Waals surface area contributed by atoms with E-state index in [0.717, 1.165) is 11.3 Å².